The molecule has 5 heteroatoms. The third kappa shape index (κ3) is 4.79. The quantitative estimate of drug-likeness (QED) is 0.683. The van der Waals surface area contributed by atoms with Crippen LogP contribution in [0.5, 0.6) is 5.75 Å². The molecule has 1 atom stereocenters. The molecule has 0 saturated heterocycles. The van der Waals surface area contributed by atoms with Crippen LogP contribution >= 0.6 is 0 Å². The van der Waals surface area contributed by atoms with Crippen LogP contribution in [0.3, 0.4) is 0 Å². The number of aliphatic hydroxyl groups excluding tert-OH is 1. The highest BCUT2D eigenvalue weighted by Crippen LogP contribution is 2.19. The monoisotopic (exact) mass is 301 g/mol. The summed E-state index contributed by atoms with van der Waals surface area (Å²) in [6.07, 6.45) is -0.245. The molecule has 2 rings (SSSR count). The molecule has 0 aromatic heterocycles. The lowest BCUT2D eigenvalue weighted by molar-refractivity contribution is -0.136. The van der Waals surface area contributed by atoms with Gasteiger partial charge in [-0.05, 0) is 41.8 Å². The highest BCUT2D eigenvalue weighted by atomic mass is 16.5. The molecule has 0 aliphatic heterocycles. The topological polar surface area (TPSA) is 92.8 Å². The molecule has 2 aromatic rings. The number of benzene rings is 2. The average Bonchev–Trinajstić information content (AvgIpc) is 2.51. The van der Waals surface area contributed by atoms with Crippen LogP contribution in [0.2, 0.25) is 0 Å². The zero-order chi connectivity index (χ0) is 15.9. The number of carboxylic acids is 1. The standard InChI is InChI=1S/C17H19NO4/c18-14-5-2-4-13(10-14)16(19)11-22-15-6-1-3-12(9-15)7-8-17(20)21/h1-6,9-10,16,19H,7-8,11,18H2,(H,20,21). The first kappa shape index (κ1) is 15.9. The van der Waals surface area contributed by atoms with Gasteiger partial charge in [0.2, 0.25) is 0 Å². The van der Waals surface area contributed by atoms with Gasteiger partial charge in [-0.3, -0.25) is 4.79 Å². The molecule has 0 fully saturated rings. The molecule has 0 radical (unpaired) electrons. The van der Waals surface area contributed by atoms with E-state index in [-0.39, 0.29) is 13.0 Å². The molecular weight excluding hydrogens is 282 g/mol. The first-order valence-electron chi connectivity index (χ1n) is 7.01. The number of carboxylic acid groups (broad SMARTS) is 1. The number of ether oxygens (including phenoxy) is 1. The van der Waals surface area contributed by atoms with Crippen molar-refractivity contribution in [1.29, 1.82) is 0 Å². The van der Waals surface area contributed by atoms with Crippen molar-refractivity contribution in [2.24, 2.45) is 0 Å². The van der Waals surface area contributed by atoms with Gasteiger partial charge >= 0.3 is 5.97 Å². The minimum atomic E-state index is -0.830. The van der Waals surface area contributed by atoms with E-state index in [0.29, 0.717) is 23.4 Å². The number of hydrogen-bond donors (Lipinski definition) is 3. The maximum atomic E-state index is 10.6. The molecule has 2 aromatic carbocycles. The number of nitrogen functional groups attached to an aromatic ring is 1. The molecule has 5 nitrogen and oxygen atoms in total. The summed E-state index contributed by atoms with van der Waals surface area (Å²) < 4.78 is 5.57. The first-order chi connectivity index (χ1) is 10.5. The lowest BCUT2D eigenvalue weighted by Gasteiger charge is -2.13. The molecule has 4 N–H and O–H groups in total. The van der Waals surface area contributed by atoms with E-state index >= 15 is 0 Å². The molecule has 0 amide bonds. The molecule has 0 saturated carbocycles. The van der Waals surface area contributed by atoms with Crippen LogP contribution in [-0.4, -0.2) is 22.8 Å². The van der Waals surface area contributed by atoms with Gasteiger partial charge in [0.15, 0.2) is 0 Å². The molecule has 0 spiro atoms. The Hall–Kier alpha value is -2.53. The molecule has 0 heterocycles. The van der Waals surface area contributed by atoms with Crippen LogP contribution in [0.1, 0.15) is 23.7 Å². The van der Waals surface area contributed by atoms with Crippen molar-refractivity contribution in [1.82, 2.24) is 0 Å². The predicted molar refractivity (Wildman–Crippen MR) is 83.7 cm³/mol. The smallest absolute Gasteiger partial charge is 0.303 e. The fraction of sp³-hybridized carbons (Fsp3) is 0.235. The summed E-state index contributed by atoms with van der Waals surface area (Å²) in [5.41, 5.74) is 7.86. The first-order valence-corrected chi connectivity index (χ1v) is 7.01. The Balaban J connectivity index is 1.93. The third-order valence-electron chi connectivity index (χ3n) is 3.23. The maximum absolute atomic E-state index is 10.6. The second-order valence-corrected chi connectivity index (χ2v) is 5.04. The van der Waals surface area contributed by atoms with Crippen LogP contribution in [0.4, 0.5) is 5.69 Å². The van der Waals surface area contributed by atoms with Gasteiger partial charge in [-0.25, -0.2) is 0 Å². The minimum Gasteiger partial charge on any atom is -0.491 e. The van der Waals surface area contributed by atoms with Crippen molar-refractivity contribution in [3.8, 4) is 5.75 Å². The third-order valence-corrected chi connectivity index (χ3v) is 3.23. The van der Waals surface area contributed by atoms with Gasteiger partial charge in [0, 0.05) is 12.1 Å². The summed E-state index contributed by atoms with van der Waals surface area (Å²) in [5.74, 6) is -0.228. The van der Waals surface area contributed by atoms with Gasteiger partial charge in [0.05, 0.1) is 0 Å². The number of aryl methyl sites for hydroxylation is 1. The van der Waals surface area contributed by atoms with Crippen molar-refractivity contribution in [2.45, 2.75) is 18.9 Å². The van der Waals surface area contributed by atoms with Crippen LogP contribution in [0, 0.1) is 0 Å². The molecule has 0 bridgehead atoms. The van der Waals surface area contributed by atoms with E-state index in [4.69, 9.17) is 15.6 Å². The highest BCUT2D eigenvalue weighted by molar-refractivity contribution is 5.67. The zero-order valence-electron chi connectivity index (χ0n) is 12.1. The second-order valence-electron chi connectivity index (χ2n) is 5.04. The van der Waals surface area contributed by atoms with E-state index in [9.17, 15) is 9.90 Å². The number of rotatable bonds is 7. The predicted octanol–water partition coefficient (Wildman–Crippen LogP) is 2.40. The van der Waals surface area contributed by atoms with E-state index in [1.807, 2.05) is 6.07 Å². The van der Waals surface area contributed by atoms with Crippen LogP contribution in [-0.2, 0) is 11.2 Å². The van der Waals surface area contributed by atoms with Gasteiger partial charge in [-0.1, -0.05) is 24.3 Å². The van der Waals surface area contributed by atoms with Crippen molar-refractivity contribution in [3.63, 3.8) is 0 Å². The average molecular weight is 301 g/mol. The molecule has 116 valence electrons. The second kappa shape index (κ2) is 7.47. The normalized spacial score (nSPS) is 11.9. The molecule has 22 heavy (non-hydrogen) atoms. The largest absolute Gasteiger partial charge is 0.491 e. The molecular formula is C17H19NO4. The number of hydrogen-bond acceptors (Lipinski definition) is 4. The molecule has 0 aliphatic rings. The summed E-state index contributed by atoms with van der Waals surface area (Å²) in [5, 5.41) is 18.8. The minimum absolute atomic E-state index is 0.0787. The van der Waals surface area contributed by atoms with Crippen LogP contribution in [0.25, 0.3) is 0 Å². The fourth-order valence-electron chi connectivity index (χ4n) is 2.08. The van der Waals surface area contributed by atoms with Crippen molar-refractivity contribution < 1.29 is 19.7 Å². The SMILES string of the molecule is Nc1cccc(C(O)COc2cccc(CCC(=O)O)c2)c1. The van der Waals surface area contributed by atoms with Crippen molar-refractivity contribution >= 4 is 11.7 Å². The van der Waals surface area contributed by atoms with E-state index in [1.54, 1.807) is 42.5 Å². The van der Waals surface area contributed by atoms with Gasteiger partial charge in [0.1, 0.15) is 18.5 Å². The van der Waals surface area contributed by atoms with Gasteiger partial charge < -0.3 is 20.7 Å². The summed E-state index contributed by atoms with van der Waals surface area (Å²) in [6, 6.07) is 14.2. The number of anilines is 1. The number of carbonyl (C=O) groups is 1. The lowest BCUT2D eigenvalue weighted by Crippen LogP contribution is -2.10. The Morgan fingerprint density at radius 1 is 1.18 bits per heavy atom. The summed E-state index contributed by atoms with van der Waals surface area (Å²) in [6.45, 7) is 0.103. The number of nitrogens with two attached hydrogens (primary N) is 1. The summed E-state index contributed by atoms with van der Waals surface area (Å²) >= 11 is 0. The fourth-order valence-corrected chi connectivity index (χ4v) is 2.08. The van der Waals surface area contributed by atoms with Crippen LogP contribution < -0.4 is 10.5 Å². The van der Waals surface area contributed by atoms with Crippen molar-refractivity contribution in [2.75, 3.05) is 12.3 Å². The summed E-state index contributed by atoms with van der Waals surface area (Å²) in [7, 11) is 0. The van der Waals surface area contributed by atoms with E-state index < -0.39 is 12.1 Å². The maximum Gasteiger partial charge on any atom is 0.303 e. The van der Waals surface area contributed by atoms with Crippen molar-refractivity contribution in [3.05, 3.63) is 59.7 Å². The highest BCUT2D eigenvalue weighted by Gasteiger charge is 2.09. The Bertz CT molecular complexity index is 642. The van der Waals surface area contributed by atoms with Gasteiger partial charge in [-0.15, -0.1) is 0 Å². The number of aliphatic carboxylic acids is 1. The van der Waals surface area contributed by atoms with Crippen LogP contribution in [0.15, 0.2) is 48.5 Å². The summed E-state index contributed by atoms with van der Waals surface area (Å²) in [4.78, 5) is 10.6. The molecule has 1 unspecified atom stereocenters. The molecule has 0 aliphatic carbocycles. The van der Waals surface area contributed by atoms with E-state index in [0.717, 1.165) is 5.56 Å². The van der Waals surface area contributed by atoms with Gasteiger partial charge in [-0.2, -0.15) is 0 Å². The lowest BCUT2D eigenvalue weighted by atomic mass is 10.1. The van der Waals surface area contributed by atoms with E-state index in [1.165, 1.54) is 0 Å². The number of aliphatic hydroxyl groups is 1. The van der Waals surface area contributed by atoms with Gasteiger partial charge in [0.25, 0.3) is 0 Å². The zero-order valence-corrected chi connectivity index (χ0v) is 12.1. The Morgan fingerprint density at radius 3 is 2.68 bits per heavy atom. The Kier molecular flexibility index (Phi) is 5.38. The Morgan fingerprint density at radius 2 is 1.95 bits per heavy atom. The van der Waals surface area contributed by atoms with E-state index in [2.05, 4.69) is 0 Å². The Labute approximate surface area is 129 Å².